The Kier molecular flexibility index (Phi) is 2.90. The first kappa shape index (κ1) is 10.6. The third-order valence-corrected chi connectivity index (χ3v) is 1.82. The van der Waals surface area contributed by atoms with Crippen LogP contribution in [-0.4, -0.2) is 4.92 Å². The minimum absolute atomic E-state index is 0.0463. The molecule has 0 aliphatic carbocycles. The molecule has 1 rings (SSSR count). The van der Waals surface area contributed by atoms with E-state index in [-0.39, 0.29) is 11.4 Å². The molecule has 0 atom stereocenters. The number of rotatable bonds is 1. The van der Waals surface area contributed by atoms with Crippen molar-refractivity contribution in [2.45, 2.75) is 6.92 Å². The Hall–Kier alpha value is -2.53. The molecule has 0 heterocycles. The van der Waals surface area contributed by atoms with Crippen LogP contribution < -0.4 is 5.73 Å². The molecule has 0 aliphatic rings. The normalized spacial score (nSPS) is 8.53. The maximum atomic E-state index is 10.6. The van der Waals surface area contributed by atoms with E-state index in [1.165, 1.54) is 12.1 Å². The van der Waals surface area contributed by atoms with E-state index in [0.717, 1.165) is 0 Å². The lowest BCUT2D eigenvalue weighted by molar-refractivity contribution is -0.385. The van der Waals surface area contributed by atoms with Crippen LogP contribution >= 0.6 is 0 Å². The van der Waals surface area contributed by atoms with Crippen LogP contribution in [0.5, 0.6) is 0 Å². The monoisotopic (exact) mass is 201 g/mol. The molecule has 15 heavy (non-hydrogen) atoms. The van der Waals surface area contributed by atoms with Crippen LogP contribution in [0.15, 0.2) is 12.1 Å². The predicted molar refractivity (Wildman–Crippen MR) is 54.7 cm³/mol. The Morgan fingerprint density at radius 3 is 2.73 bits per heavy atom. The molecule has 74 valence electrons. The third kappa shape index (κ3) is 2.23. The molecule has 0 bridgehead atoms. The van der Waals surface area contributed by atoms with Crippen LogP contribution in [0.4, 0.5) is 11.4 Å². The second-order valence-electron chi connectivity index (χ2n) is 2.84. The number of aryl methyl sites for hydroxylation is 1. The number of nitro benzene ring substituents is 1. The van der Waals surface area contributed by atoms with Gasteiger partial charge in [0, 0.05) is 23.1 Å². The first-order chi connectivity index (χ1) is 7.06. The Morgan fingerprint density at radius 2 is 2.20 bits per heavy atom. The lowest BCUT2D eigenvalue weighted by Crippen LogP contribution is -1.97. The molecule has 1 aromatic rings. The number of nitro groups is 1. The molecular formula is C10H7N3O2. The zero-order valence-corrected chi connectivity index (χ0v) is 7.94. The van der Waals surface area contributed by atoms with Crippen LogP contribution in [0.25, 0.3) is 0 Å². The van der Waals surface area contributed by atoms with E-state index in [4.69, 9.17) is 11.0 Å². The highest BCUT2D eigenvalue weighted by Crippen LogP contribution is 2.23. The van der Waals surface area contributed by atoms with Gasteiger partial charge in [-0.1, -0.05) is 0 Å². The van der Waals surface area contributed by atoms with Gasteiger partial charge in [-0.05, 0) is 18.9 Å². The average molecular weight is 201 g/mol. The molecule has 1 aromatic carbocycles. The fourth-order valence-electron chi connectivity index (χ4n) is 1.11. The molecule has 0 saturated carbocycles. The number of nitrogen functional groups attached to an aromatic ring is 1. The van der Waals surface area contributed by atoms with Crippen molar-refractivity contribution in [3.63, 3.8) is 0 Å². The summed E-state index contributed by atoms with van der Waals surface area (Å²) in [6.45, 7) is 1.59. The number of benzene rings is 1. The highest BCUT2D eigenvalue weighted by atomic mass is 16.6. The molecule has 0 spiro atoms. The summed E-state index contributed by atoms with van der Waals surface area (Å²) in [4.78, 5) is 10.1. The topological polar surface area (TPSA) is 93.0 Å². The van der Waals surface area contributed by atoms with Gasteiger partial charge in [0.05, 0.1) is 10.6 Å². The quantitative estimate of drug-likeness (QED) is 0.321. The van der Waals surface area contributed by atoms with Gasteiger partial charge < -0.3 is 5.73 Å². The fourth-order valence-corrected chi connectivity index (χ4v) is 1.11. The van der Waals surface area contributed by atoms with Gasteiger partial charge in [0.25, 0.3) is 5.69 Å². The summed E-state index contributed by atoms with van der Waals surface area (Å²) >= 11 is 0. The number of hydrogen-bond acceptors (Lipinski definition) is 4. The van der Waals surface area contributed by atoms with Crippen molar-refractivity contribution >= 4 is 11.4 Å². The average Bonchev–Trinajstić information content (AvgIpc) is 2.18. The Morgan fingerprint density at radius 1 is 1.53 bits per heavy atom. The van der Waals surface area contributed by atoms with Crippen molar-refractivity contribution in [1.29, 1.82) is 5.26 Å². The van der Waals surface area contributed by atoms with E-state index in [9.17, 15) is 10.1 Å². The van der Waals surface area contributed by atoms with Gasteiger partial charge in [0.1, 0.15) is 0 Å². The summed E-state index contributed by atoms with van der Waals surface area (Å²) in [7, 11) is 0. The van der Waals surface area contributed by atoms with Crippen LogP contribution in [0.3, 0.4) is 0 Å². The molecule has 0 unspecified atom stereocenters. The SMILES string of the molecule is Cc1cc(C#CC#N)c(N)cc1[N+](=O)[O-]. The van der Waals surface area contributed by atoms with Crippen molar-refractivity contribution in [3.05, 3.63) is 33.4 Å². The largest absolute Gasteiger partial charge is 0.398 e. The number of anilines is 1. The molecule has 0 saturated heterocycles. The second kappa shape index (κ2) is 4.12. The first-order valence-corrected chi connectivity index (χ1v) is 4.01. The van der Waals surface area contributed by atoms with E-state index < -0.39 is 4.92 Å². The van der Waals surface area contributed by atoms with Crippen molar-refractivity contribution < 1.29 is 4.92 Å². The minimum Gasteiger partial charge on any atom is -0.398 e. The molecule has 5 heteroatoms. The van der Waals surface area contributed by atoms with Crippen molar-refractivity contribution in [3.8, 4) is 17.9 Å². The van der Waals surface area contributed by atoms with Crippen LogP contribution in [0.1, 0.15) is 11.1 Å². The lowest BCUT2D eigenvalue weighted by Gasteiger charge is -2.01. The molecule has 0 aromatic heterocycles. The molecule has 0 aliphatic heterocycles. The molecule has 0 fully saturated rings. The number of nitriles is 1. The van der Waals surface area contributed by atoms with Crippen LogP contribution in [-0.2, 0) is 0 Å². The van der Waals surface area contributed by atoms with Crippen LogP contribution in [0, 0.1) is 40.2 Å². The van der Waals surface area contributed by atoms with E-state index in [2.05, 4.69) is 11.8 Å². The van der Waals surface area contributed by atoms with Gasteiger partial charge in [-0.3, -0.25) is 10.1 Å². The van der Waals surface area contributed by atoms with Crippen molar-refractivity contribution in [2.75, 3.05) is 5.73 Å². The summed E-state index contributed by atoms with van der Waals surface area (Å²) in [5.74, 6) is 4.70. The molecule has 2 N–H and O–H groups in total. The van der Waals surface area contributed by atoms with Gasteiger partial charge in [-0.15, -0.1) is 0 Å². The standard InChI is InChI=1S/C10H7N3O2/c1-7-5-8(3-2-4-11)9(12)6-10(7)13(14)15/h5-6H,12H2,1H3. The minimum atomic E-state index is -0.507. The van der Waals surface area contributed by atoms with Gasteiger partial charge in [0.15, 0.2) is 6.07 Å². The van der Waals surface area contributed by atoms with E-state index in [1.54, 1.807) is 13.0 Å². The van der Waals surface area contributed by atoms with Gasteiger partial charge in [0.2, 0.25) is 0 Å². The van der Waals surface area contributed by atoms with Gasteiger partial charge in [-0.2, -0.15) is 5.26 Å². The molecule has 5 nitrogen and oxygen atoms in total. The van der Waals surface area contributed by atoms with Gasteiger partial charge >= 0.3 is 0 Å². The van der Waals surface area contributed by atoms with Crippen molar-refractivity contribution in [2.24, 2.45) is 0 Å². The smallest absolute Gasteiger partial charge is 0.274 e. The van der Waals surface area contributed by atoms with Gasteiger partial charge in [-0.25, -0.2) is 0 Å². The maximum Gasteiger partial charge on any atom is 0.274 e. The summed E-state index contributed by atoms with van der Waals surface area (Å²) in [6, 6.07) is 4.39. The van der Waals surface area contributed by atoms with E-state index in [1.807, 2.05) is 0 Å². The van der Waals surface area contributed by atoms with Crippen molar-refractivity contribution in [1.82, 2.24) is 0 Å². The maximum absolute atomic E-state index is 10.6. The zero-order chi connectivity index (χ0) is 11.4. The Bertz CT molecular complexity index is 518. The fraction of sp³-hybridized carbons (Fsp3) is 0.100. The van der Waals surface area contributed by atoms with Crippen LogP contribution in [0.2, 0.25) is 0 Å². The zero-order valence-electron chi connectivity index (χ0n) is 7.94. The first-order valence-electron chi connectivity index (χ1n) is 4.01. The summed E-state index contributed by atoms with van der Waals surface area (Å²) in [6.07, 6.45) is 0. The molecule has 0 radical (unpaired) electrons. The summed E-state index contributed by atoms with van der Waals surface area (Å²) in [5, 5.41) is 18.8. The predicted octanol–water partition coefficient (Wildman–Crippen LogP) is 1.36. The summed E-state index contributed by atoms with van der Waals surface area (Å²) < 4.78 is 0. The number of hydrogen-bond donors (Lipinski definition) is 1. The lowest BCUT2D eigenvalue weighted by atomic mass is 10.1. The van der Waals surface area contributed by atoms with E-state index in [0.29, 0.717) is 11.1 Å². The number of nitrogens with zero attached hydrogens (tertiary/aromatic N) is 2. The number of nitrogens with two attached hydrogens (primary N) is 1. The second-order valence-corrected chi connectivity index (χ2v) is 2.84. The molecule has 0 amide bonds. The Balaban J connectivity index is 3.33. The Labute approximate surface area is 86.3 Å². The third-order valence-electron chi connectivity index (χ3n) is 1.82. The summed E-state index contributed by atoms with van der Waals surface area (Å²) in [5.41, 5.74) is 6.61. The molecular weight excluding hydrogens is 194 g/mol. The van der Waals surface area contributed by atoms with E-state index >= 15 is 0 Å². The highest BCUT2D eigenvalue weighted by molar-refractivity contribution is 5.63. The highest BCUT2D eigenvalue weighted by Gasteiger charge is 2.12.